The molecule has 8 rings (SSSR count). The van der Waals surface area contributed by atoms with Gasteiger partial charge in [-0.15, -0.1) is 0 Å². The molecule has 0 spiro atoms. The summed E-state index contributed by atoms with van der Waals surface area (Å²) in [4.78, 5) is 3.48. The van der Waals surface area contributed by atoms with Crippen molar-refractivity contribution in [3.63, 3.8) is 0 Å². The zero-order valence-electron chi connectivity index (χ0n) is 23.0. The number of halogens is 2. The van der Waals surface area contributed by atoms with Gasteiger partial charge in [-0.25, -0.2) is 16.8 Å². The molecule has 0 amide bonds. The van der Waals surface area contributed by atoms with Crippen LogP contribution in [0.25, 0.3) is 5.57 Å². The van der Waals surface area contributed by atoms with E-state index >= 15 is 0 Å². The average molecular weight is 647 g/mol. The highest BCUT2D eigenvalue weighted by Gasteiger charge is 2.45. The minimum atomic E-state index is -4.35. The summed E-state index contributed by atoms with van der Waals surface area (Å²) in [7, 11) is 3.17. The van der Waals surface area contributed by atoms with E-state index in [2.05, 4.69) is 17.0 Å². The molecule has 0 radical (unpaired) electrons. The van der Waals surface area contributed by atoms with Crippen LogP contribution >= 0.6 is 21.4 Å². The first-order chi connectivity index (χ1) is 20.1. The second-order valence-corrected chi connectivity index (χ2v) is 17.3. The molecule has 2 fully saturated rings. The van der Waals surface area contributed by atoms with E-state index in [9.17, 15) is 16.8 Å². The second-order valence-electron chi connectivity index (χ2n) is 12.2. The number of hydrogen-bond acceptors (Lipinski definition) is 6. The van der Waals surface area contributed by atoms with Crippen molar-refractivity contribution in [3.05, 3.63) is 75.1 Å². The Kier molecular flexibility index (Phi) is 6.23. The van der Waals surface area contributed by atoms with Crippen molar-refractivity contribution < 1.29 is 26.5 Å². The van der Waals surface area contributed by atoms with E-state index < -0.39 is 18.1 Å². The lowest BCUT2D eigenvalue weighted by molar-refractivity contribution is -0.922. The number of nitrogens with one attached hydrogen (secondary N) is 1. The Balaban J connectivity index is 1.48. The Labute approximate surface area is 255 Å². The third-order valence-corrected chi connectivity index (χ3v) is 12.6. The fourth-order valence-corrected chi connectivity index (χ4v) is 10.3. The SMILES string of the molecule is O=S(=O)(Cl)c1ccc(C2=C3C=C4CCC[NH+]5CCCC(=C3Oc3c2cc2c6c3CCCN6CCC2)C45)c(S(=O)(=O)Cl)c1. The van der Waals surface area contributed by atoms with Gasteiger partial charge in [0.1, 0.15) is 17.6 Å². The topological polar surface area (TPSA) is 85.2 Å². The Bertz CT molecular complexity index is 1890. The molecule has 0 saturated carbocycles. The Hall–Kier alpha value is -2.30. The van der Waals surface area contributed by atoms with Gasteiger partial charge in [0.2, 0.25) is 0 Å². The summed E-state index contributed by atoms with van der Waals surface area (Å²) < 4.78 is 57.7. The van der Waals surface area contributed by atoms with E-state index in [1.54, 1.807) is 11.0 Å². The number of nitrogens with zero attached hydrogens (tertiary/aromatic N) is 1. The maximum atomic E-state index is 13.1. The molecule has 42 heavy (non-hydrogen) atoms. The number of hydrogen-bond donors (Lipinski definition) is 1. The summed E-state index contributed by atoms with van der Waals surface area (Å²) in [6.07, 6.45) is 10.2. The number of anilines is 1. The number of benzene rings is 2. The number of fused-ring (bicyclic) bond motifs is 3. The third-order valence-electron chi connectivity index (χ3n) is 9.88. The molecular weight excluding hydrogens is 615 g/mol. The lowest BCUT2D eigenvalue weighted by Gasteiger charge is -2.44. The van der Waals surface area contributed by atoms with E-state index in [1.165, 1.54) is 34.0 Å². The van der Waals surface area contributed by atoms with Gasteiger partial charge < -0.3 is 14.5 Å². The van der Waals surface area contributed by atoms with Crippen LogP contribution in [0.4, 0.5) is 5.69 Å². The molecule has 1 N–H and O–H groups in total. The normalized spacial score (nSPS) is 24.7. The van der Waals surface area contributed by atoms with Crippen LogP contribution < -0.4 is 14.5 Å². The lowest BCUT2D eigenvalue weighted by Crippen LogP contribution is -3.18. The van der Waals surface area contributed by atoms with E-state index in [-0.39, 0.29) is 9.79 Å². The van der Waals surface area contributed by atoms with Crippen LogP contribution in [0.2, 0.25) is 0 Å². The van der Waals surface area contributed by atoms with E-state index in [1.807, 2.05) is 0 Å². The Morgan fingerprint density at radius 2 is 1.62 bits per heavy atom. The lowest BCUT2D eigenvalue weighted by atomic mass is 9.75. The van der Waals surface area contributed by atoms with Gasteiger partial charge in [-0.3, -0.25) is 0 Å². The van der Waals surface area contributed by atoms with Crippen LogP contribution in [0.3, 0.4) is 0 Å². The smallest absolute Gasteiger partial charge is 0.261 e. The Morgan fingerprint density at radius 1 is 0.857 bits per heavy atom. The first-order valence-corrected chi connectivity index (χ1v) is 19.4. The van der Waals surface area contributed by atoms with Crippen molar-refractivity contribution in [2.75, 3.05) is 31.1 Å². The molecule has 0 aromatic heterocycles. The zero-order valence-corrected chi connectivity index (χ0v) is 26.2. The van der Waals surface area contributed by atoms with Crippen LogP contribution in [0.5, 0.6) is 5.75 Å². The van der Waals surface area contributed by atoms with E-state index in [0.29, 0.717) is 11.6 Å². The maximum Gasteiger partial charge on any atom is 0.261 e. The molecular formula is C31H31Cl2N2O5S2+. The van der Waals surface area contributed by atoms with Gasteiger partial charge in [-0.1, -0.05) is 6.07 Å². The van der Waals surface area contributed by atoms with E-state index in [0.717, 1.165) is 112 Å². The van der Waals surface area contributed by atoms with Crippen LogP contribution in [0, 0.1) is 0 Å². The predicted molar refractivity (Wildman–Crippen MR) is 163 cm³/mol. The number of ether oxygens (including phenoxy) is 1. The molecule has 2 saturated heterocycles. The minimum absolute atomic E-state index is 0.265. The molecule has 2 aromatic carbocycles. The fourth-order valence-electron chi connectivity index (χ4n) is 8.32. The molecule has 5 heterocycles. The van der Waals surface area contributed by atoms with Crippen molar-refractivity contribution in [2.24, 2.45) is 0 Å². The van der Waals surface area contributed by atoms with Crippen LogP contribution in [-0.2, 0) is 30.9 Å². The van der Waals surface area contributed by atoms with Gasteiger partial charge in [-0.2, -0.15) is 0 Å². The van der Waals surface area contributed by atoms with Gasteiger partial charge in [-0.05, 0) is 73.9 Å². The van der Waals surface area contributed by atoms with E-state index in [4.69, 9.17) is 26.1 Å². The fraction of sp³-hybridized carbons (Fsp3) is 0.419. The van der Waals surface area contributed by atoms with Gasteiger partial charge in [0.25, 0.3) is 18.1 Å². The molecule has 2 aromatic rings. The molecule has 5 aliphatic heterocycles. The molecule has 0 bridgehead atoms. The second kappa shape index (κ2) is 9.60. The molecule has 2 unspecified atom stereocenters. The first-order valence-electron chi connectivity index (χ1n) is 14.8. The van der Waals surface area contributed by atoms with Crippen molar-refractivity contribution in [3.8, 4) is 5.75 Å². The number of quaternary nitrogens is 1. The number of rotatable bonds is 3. The third kappa shape index (κ3) is 4.14. The summed E-state index contributed by atoms with van der Waals surface area (Å²) in [5.74, 6) is 1.63. The van der Waals surface area contributed by atoms with Crippen LogP contribution in [-0.4, -0.2) is 49.1 Å². The largest absolute Gasteiger partial charge is 0.455 e. The van der Waals surface area contributed by atoms with Crippen LogP contribution in [0.15, 0.2) is 62.6 Å². The molecule has 1 aliphatic carbocycles. The molecule has 220 valence electrons. The van der Waals surface area contributed by atoms with Crippen molar-refractivity contribution >= 4 is 50.7 Å². The maximum absolute atomic E-state index is 13.1. The van der Waals surface area contributed by atoms with Crippen molar-refractivity contribution in [2.45, 2.75) is 67.2 Å². The Morgan fingerprint density at radius 3 is 2.38 bits per heavy atom. The summed E-state index contributed by atoms with van der Waals surface area (Å²) >= 11 is 0. The summed E-state index contributed by atoms with van der Waals surface area (Å²) in [6, 6.07) is 6.47. The van der Waals surface area contributed by atoms with Crippen molar-refractivity contribution in [1.82, 2.24) is 0 Å². The molecule has 2 atom stereocenters. The summed E-state index contributed by atoms with van der Waals surface area (Å²) in [5.41, 5.74) is 9.17. The van der Waals surface area contributed by atoms with Gasteiger partial charge in [0, 0.05) is 86.4 Å². The highest BCUT2D eigenvalue weighted by atomic mass is 35.7. The minimum Gasteiger partial charge on any atom is -0.455 e. The van der Waals surface area contributed by atoms with Gasteiger partial charge in [0.15, 0.2) is 0 Å². The highest BCUT2D eigenvalue weighted by Crippen LogP contribution is 2.53. The van der Waals surface area contributed by atoms with Crippen LogP contribution in [0.1, 0.15) is 60.8 Å². The number of aryl methyl sites for hydroxylation is 1. The van der Waals surface area contributed by atoms with Gasteiger partial charge in [0.05, 0.1) is 22.9 Å². The highest BCUT2D eigenvalue weighted by molar-refractivity contribution is 8.14. The monoisotopic (exact) mass is 645 g/mol. The summed E-state index contributed by atoms with van der Waals surface area (Å²) in [5, 5.41) is 0. The number of piperidine rings is 2. The molecule has 11 heteroatoms. The summed E-state index contributed by atoms with van der Waals surface area (Å²) in [6.45, 7) is 4.32. The van der Waals surface area contributed by atoms with Gasteiger partial charge >= 0.3 is 0 Å². The quantitative estimate of drug-likeness (QED) is 0.496. The van der Waals surface area contributed by atoms with Crippen molar-refractivity contribution in [1.29, 1.82) is 0 Å². The standard InChI is InChI=1S/C31H30Cl2N2O5S2/c32-41(36,37)20-9-10-21(26(17-20)42(33,38)39)27-24-15-18-5-1-11-34-13-3-7-22(28(18)34)30(24)40-31-23-8-4-14-35-12-2-6-19(29(23)35)16-25(27)31/h9-10,15-17,28H,1-8,11-14H2/p+1. The zero-order chi connectivity index (χ0) is 29.0. The number of allylic oxidation sites excluding steroid dienone is 1. The molecule has 7 nitrogen and oxygen atoms in total. The average Bonchev–Trinajstić information content (AvgIpc) is 2.96. The first kappa shape index (κ1) is 27.3. The predicted octanol–water partition coefficient (Wildman–Crippen LogP) is 4.47. The molecule has 6 aliphatic rings.